The minimum Gasteiger partial charge on any atom is -0.324 e. The maximum absolute atomic E-state index is 12.6. The van der Waals surface area contributed by atoms with Crippen LogP contribution < -0.4 is 5.32 Å². The molecule has 0 aliphatic rings. The molecule has 1 aromatic carbocycles. The molecule has 0 saturated carbocycles. The van der Waals surface area contributed by atoms with E-state index in [4.69, 9.17) is 0 Å². The number of sulfone groups is 1. The van der Waals surface area contributed by atoms with Gasteiger partial charge >= 0.3 is 6.18 Å². The van der Waals surface area contributed by atoms with Crippen LogP contribution in [0.4, 0.5) is 18.9 Å². The number of hydrogen-bond acceptors (Lipinski definition) is 3. The lowest BCUT2D eigenvalue weighted by atomic mass is 10.1. The molecule has 0 unspecified atom stereocenters. The summed E-state index contributed by atoms with van der Waals surface area (Å²) < 4.78 is 59.4. The highest BCUT2D eigenvalue weighted by Crippen LogP contribution is 2.34. The average molecular weight is 388 g/mol. The van der Waals surface area contributed by atoms with Gasteiger partial charge in [0.15, 0.2) is 9.84 Å². The van der Waals surface area contributed by atoms with E-state index in [2.05, 4.69) is 21.2 Å². The molecule has 0 fully saturated rings. The quantitative estimate of drug-likeness (QED) is 0.865. The highest BCUT2D eigenvalue weighted by Gasteiger charge is 2.39. The van der Waals surface area contributed by atoms with Gasteiger partial charge in [0, 0.05) is 10.7 Å². The molecule has 118 valence electrons. The lowest BCUT2D eigenvalue weighted by Gasteiger charge is -2.22. The van der Waals surface area contributed by atoms with Gasteiger partial charge in [0.1, 0.15) is 4.75 Å². The molecule has 0 radical (unpaired) electrons. The summed E-state index contributed by atoms with van der Waals surface area (Å²) in [6, 6.07) is 2.72. The van der Waals surface area contributed by atoms with E-state index in [1.807, 2.05) is 0 Å². The van der Waals surface area contributed by atoms with Gasteiger partial charge in [-0.3, -0.25) is 4.79 Å². The Balaban J connectivity index is 3.17. The van der Waals surface area contributed by atoms with Gasteiger partial charge in [-0.1, -0.05) is 0 Å². The van der Waals surface area contributed by atoms with E-state index in [9.17, 15) is 26.4 Å². The average Bonchev–Trinajstić information content (AvgIpc) is 2.28. The van der Waals surface area contributed by atoms with Crippen molar-refractivity contribution in [2.45, 2.75) is 24.8 Å². The monoisotopic (exact) mass is 387 g/mol. The summed E-state index contributed by atoms with van der Waals surface area (Å²) in [6.45, 7) is 2.36. The van der Waals surface area contributed by atoms with Crippen molar-refractivity contribution in [3.05, 3.63) is 28.2 Å². The summed E-state index contributed by atoms with van der Waals surface area (Å²) in [5, 5.41) is 2.20. The Morgan fingerprint density at radius 1 is 1.24 bits per heavy atom. The fourth-order valence-electron chi connectivity index (χ4n) is 1.24. The number of amides is 1. The van der Waals surface area contributed by atoms with Gasteiger partial charge in [-0.25, -0.2) is 8.42 Å². The summed E-state index contributed by atoms with van der Waals surface area (Å²) in [6.07, 6.45) is -3.68. The molecule has 1 rings (SSSR count). The molecule has 4 nitrogen and oxygen atoms in total. The van der Waals surface area contributed by atoms with E-state index in [0.29, 0.717) is 0 Å². The second-order valence-corrected chi connectivity index (χ2v) is 8.35. The Bertz CT molecular complexity index is 669. The third kappa shape index (κ3) is 3.97. The number of anilines is 1. The first-order valence-corrected chi connectivity index (χ1v) is 8.33. The topological polar surface area (TPSA) is 63.2 Å². The van der Waals surface area contributed by atoms with Crippen molar-refractivity contribution < 1.29 is 26.4 Å². The molecule has 0 spiro atoms. The van der Waals surface area contributed by atoms with Gasteiger partial charge in [0.2, 0.25) is 5.91 Å². The second kappa shape index (κ2) is 5.60. The summed E-state index contributed by atoms with van der Waals surface area (Å²) in [4.78, 5) is 12.0. The van der Waals surface area contributed by atoms with Crippen LogP contribution in [0.25, 0.3) is 0 Å². The Kier molecular flexibility index (Phi) is 4.79. The SMILES string of the molecule is CC(C)(C(=O)Nc1cc(C(F)(F)F)ccc1Br)S(C)(=O)=O. The van der Waals surface area contributed by atoms with Gasteiger partial charge in [-0.15, -0.1) is 0 Å². The van der Waals surface area contributed by atoms with Gasteiger partial charge in [-0.05, 0) is 48.0 Å². The smallest absolute Gasteiger partial charge is 0.324 e. The summed E-state index contributed by atoms with van der Waals surface area (Å²) in [5.41, 5.74) is -1.09. The molecule has 1 amide bonds. The number of halogens is 4. The molecular weight excluding hydrogens is 375 g/mol. The molecule has 9 heteroatoms. The number of benzene rings is 1. The molecule has 0 aliphatic carbocycles. The third-order valence-corrected chi connectivity index (χ3v) is 5.75. The van der Waals surface area contributed by atoms with E-state index in [1.54, 1.807) is 0 Å². The maximum Gasteiger partial charge on any atom is 0.416 e. The molecule has 1 aromatic rings. The van der Waals surface area contributed by atoms with Crippen LogP contribution in [0.5, 0.6) is 0 Å². The van der Waals surface area contributed by atoms with Crippen molar-refractivity contribution in [1.29, 1.82) is 0 Å². The van der Waals surface area contributed by atoms with E-state index in [1.165, 1.54) is 13.8 Å². The first-order chi connectivity index (χ1) is 9.26. The number of carbonyl (C=O) groups excluding carboxylic acids is 1. The van der Waals surface area contributed by atoms with Crippen molar-refractivity contribution in [2.75, 3.05) is 11.6 Å². The Morgan fingerprint density at radius 3 is 2.19 bits per heavy atom. The van der Waals surface area contributed by atoms with Gasteiger partial charge in [-0.2, -0.15) is 13.2 Å². The number of nitrogens with one attached hydrogen (secondary N) is 1. The lowest BCUT2D eigenvalue weighted by molar-refractivity contribution is -0.137. The zero-order valence-corrected chi connectivity index (χ0v) is 13.8. The van der Waals surface area contributed by atoms with Crippen LogP contribution in [0, 0.1) is 0 Å². The predicted molar refractivity (Wildman–Crippen MR) is 76.7 cm³/mol. The number of rotatable bonds is 3. The normalized spacial score (nSPS) is 13.1. The highest BCUT2D eigenvalue weighted by atomic mass is 79.9. The number of carbonyl (C=O) groups is 1. The summed E-state index contributed by atoms with van der Waals surface area (Å²) in [5.74, 6) is -0.912. The van der Waals surface area contributed by atoms with E-state index >= 15 is 0 Å². The highest BCUT2D eigenvalue weighted by molar-refractivity contribution is 9.10. The van der Waals surface area contributed by atoms with Crippen molar-refractivity contribution in [2.24, 2.45) is 0 Å². The van der Waals surface area contributed by atoms with Crippen molar-refractivity contribution >= 4 is 37.4 Å². The van der Waals surface area contributed by atoms with Crippen LogP contribution in [0.1, 0.15) is 19.4 Å². The summed E-state index contributed by atoms with van der Waals surface area (Å²) in [7, 11) is -3.72. The number of hydrogen-bond donors (Lipinski definition) is 1. The molecule has 0 aromatic heterocycles. The van der Waals surface area contributed by atoms with Crippen LogP contribution in [0.2, 0.25) is 0 Å². The molecule has 0 bridgehead atoms. The largest absolute Gasteiger partial charge is 0.416 e. The molecule has 1 N–H and O–H groups in total. The van der Waals surface area contributed by atoms with Crippen LogP contribution in [0.3, 0.4) is 0 Å². The molecular formula is C12H13BrF3NO3S. The van der Waals surface area contributed by atoms with Gasteiger partial charge in [0.25, 0.3) is 0 Å². The second-order valence-electron chi connectivity index (χ2n) is 4.93. The lowest BCUT2D eigenvalue weighted by Crippen LogP contribution is -2.43. The summed E-state index contributed by atoms with van der Waals surface area (Å²) >= 11 is 3.01. The first kappa shape index (κ1) is 18.0. The van der Waals surface area contributed by atoms with Crippen molar-refractivity contribution in [3.8, 4) is 0 Å². The zero-order chi connectivity index (χ0) is 16.6. The molecule has 0 saturated heterocycles. The first-order valence-electron chi connectivity index (χ1n) is 5.64. The number of alkyl halides is 3. The van der Waals surface area contributed by atoms with Gasteiger partial charge in [0.05, 0.1) is 11.3 Å². The van der Waals surface area contributed by atoms with E-state index < -0.39 is 32.2 Å². The zero-order valence-electron chi connectivity index (χ0n) is 11.4. The molecule has 21 heavy (non-hydrogen) atoms. The van der Waals surface area contributed by atoms with Crippen LogP contribution in [0.15, 0.2) is 22.7 Å². The van der Waals surface area contributed by atoms with Crippen LogP contribution in [-0.4, -0.2) is 25.3 Å². The van der Waals surface area contributed by atoms with E-state index in [-0.39, 0.29) is 10.2 Å². The van der Waals surface area contributed by atoms with Crippen molar-refractivity contribution in [1.82, 2.24) is 0 Å². The molecule has 0 heterocycles. The van der Waals surface area contributed by atoms with Gasteiger partial charge < -0.3 is 5.32 Å². The molecule has 0 aliphatic heterocycles. The van der Waals surface area contributed by atoms with Crippen LogP contribution in [-0.2, 0) is 20.8 Å². The van der Waals surface area contributed by atoms with Crippen molar-refractivity contribution in [3.63, 3.8) is 0 Å². The fourth-order valence-corrected chi connectivity index (χ4v) is 1.97. The van der Waals surface area contributed by atoms with E-state index in [0.717, 1.165) is 24.5 Å². The standard InChI is InChI=1S/C12H13BrF3NO3S/c1-11(2,21(3,19)20)10(18)17-9-6-7(12(14,15)16)4-5-8(9)13/h4-6H,1-3H3,(H,17,18). The Morgan fingerprint density at radius 2 is 1.76 bits per heavy atom. The van der Waals surface area contributed by atoms with Crippen LogP contribution >= 0.6 is 15.9 Å². The Labute approximate surface area is 128 Å². The minimum atomic E-state index is -4.56. The Hall–Kier alpha value is -1.09. The maximum atomic E-state index is 12.6. The fraction of sp³-hybridized carbons (Fsp3) is 0.417. The third-order valence-electron chi connectivity index (χ3n) is 3.02. The molecule has 0 atom stereocenters. The predicted octanol–water partition coefficient (Wildman–Crippen LogP) is 3.23. The minimum absolute atomic E-state index is 0.147.